The molecule has 2 rings (SSSR count). The molecular weight excluding hydrogens is 224 g/mol. The van der Waals surface area contributed by atoms with Gasteiger partial charge in [-0.15, -0.1) is 0 Å². The first-order valence-electron chi connectivity index (χ1n) is 5.88. The fraction of sp³-hybridized carbons (Fsp3) is 0.200. The minimum atomic E-state index is 0.823. The second kappa shape index (κ2) is 5.00. The molecular formula is C15H18N2O. The molecule has 0 saturated heterocycles. The molecule has 2 aromatic rings. The number of hydrogen-bond acceptors (Lipinski definition) is 3. The average molecular weight is 242 g/mol. The van der Waals surface area contributed by atoms with Gasteiger partial charge in [0, 0.05) is 23.1 Å². The zero-order chi connectivity index (χ0) is 13.1. The van der Waals surface area contributed by atoms with Gasteiger partial charge in [-0.05, 0) is 49.2 Å². The molecule has 0 amide bonds. The van der Waals surface area contributed by atoms with E-state index in [9.17, 15) is 0 Å². The Kier molecular flexibility index (Phi) is 3.42. The molecule has 0 saturated carbocycles. The Morgan fingerprint density at radius 2 is 1.83 bits per heavy atom. The molecule has 0 atom stereocenters. The number of nitrogen functional groups attached to an aromatic ring is 1. The predicted molar refractivity (Wildman–Crippen MR) is 76.6 cm³/mol. The van der Waals surface area contributed by atoms with Gasteiger partial charge in [-0.1, -0.05) is 6.07 Å². The lowest BCUT2D eigenvalue weighted by molar-refractivity contribution is 0.415. The summed E-state index contributed by atoms with van der Waals surface area (Å²) in [6, 6.07) is 11.9. The van der Waals surface area contributed by atoms with Gasteiger partial charge in [0.25, 0.3) is 0 Å². The Hall–Kier alpha value is -2.16. The number of nitrogens with one attached hydrogen (secondary N) is 1. The Morgan fingerprint density at radius 3 is 2.56 bits per heavy atom. The van der Waals surface area contributed by atoms with E-state index >= 15 is 0 Å². The van der Waals surface area contributed by atoms with Crippen molar-refractivity contribution in [3.63, 3.8) is 0 Å². The van der Waals surface area contributed by atoms with Crippen molar-refractivity contribution >= 4 is 17.1 Å². The van der Waals surface area contributed by atoms with Crippen LogP contribution in [0.3, 0.4) is 0 Å². The van der Waals surface area contributed by atoms with E-state index in [-0.39, 0.29) is 0 Å². The average Bonchev–Trinajstić information content (AvgIpc) is 2.36. The first-order valence-corrected chi connectivity index (χ1v) is 5.88. The normalized spacial score (nSPS) is 10.2. The van der Waals surface area contributed by atoms with Crippen LogP contribution >= 0.6 is 0 Å². The lowest BCUT2D eigenvalue weighted by Gasteiger charge is -2.13. The summed E-state index contributed by atoms with van der Waals surface area (Å²) < 4.78 is 5.21. The third kappa shape index (κ3) is 2.56. The molecule has 18 heavy (non-hydrogen) atoms. The SMILES string of the molecule is COc1cccc(Nc2cc(C)c(N)cc2C)c1. The topological polar surface area (TPSA) is 47.3 Å². The molecule has 94 valence electrons. The van der Waals surface area contributed by atoms with Gasteiger partial charge in [-0.2, -0.15) is 0 Å². The lowest BCUT2D eigenvalue weighted by atomic mass is 10.1. The van der Waals surface area contributed by atoms with E-state index in [1.807, 2.05) is 44.2 Å². The summed E-state index contributed by atoms with van der Waals surface area (Å²) in [5.41, 5.74) is 11.0. The maximum absolute atomic E-state index is 5.88. The van der Waals surface area contributed by atoms with Crippen LogP contribution in [0.2, 0.25) is 0 Å². The van der Waals surface area contributed by atoms with Crippen molar-refractivity contribution in [2.45, 2.75) is 13.8 Å². The maximum Gasteiger partial charge on any atom is 0.120 e. The molecule has 3 N–H and O–H groups in total. The summed E-state index contributed by atoms with van der Waals surface area (Å²) in [6.07, 6.45) is 0. The molecule has 0 fully saturated rings. The van der Waals surface area contributed by atoms with Crippen LogP contribution < -0.4 is 15.8 Å². The van der Waals surface area contributed by atoms with Crippen molar-refractivity contribution in [2.75, 3.05) is 18.2 Å². The Bertz CT molecular complexity index is 564. The zero-order valence-corrected chi connectivity index (χ0v) is 10.9. The predicted octanol–water partition coefficient (Wildman–Crippen LogP) is 3.64. The first-order chi connectivity index (χ1) is 8.60. The number of anilines is 3. The molecule has 0 heterocycles. The maximum atomic E-state index is 5.88. The smallest absolute Gasteiger partial charge is 0.120 e. The molecule has 0 spiro atoms. The van der Waals surface area contributed by atoms with Crippen LogP contribution in [-0.2, 0) is 0 Å². The highest BCUT2D eigenvalue weighted by molar-refractivity contribution is 5.68. The minimum absolute atomic E-state index is 0.823. The number of rotatable bonds is 3. The van der Waals surface area contributed by atoms with E-state index in [4.69, 9.17) is 10.5 Å². The molecule has 0 aliphatic rings. The number of methoxy groups -OCH3 is 1. The molecule has 0 aliphatic heterocycles. The van der Waals surface area contributed by atoms with E-state index in [1.165, 1.54) is 0 Å². The second-order valence-corrected chi connectivity index (χ2v) is 4.38. The highest BCUT2D eigenvalue weighted by atomic mass is 16.5. The number of benzene rings is 2. The molecule has 0 aliphatic carbocycles. The zero-order valence-electron chi connectivity index (χ0n) is 10.9. The fourth-order valence-corrected chi connectivity index (χ4v) is 1.83. The second-order valence-electron chi connectivity index (χ2n) is 4.38. The lowest BCUT2D eigenvalue weighted by Crippen LogP contribution is -1.97. The van der Waals surface area contributed by atoms with Crippen LogP contribution in [0.5, 0.6) is 5.75 Å². The van der Waals surface area contributed by atoms with E-state index in [1.54, 1.807) is 7.11 Å². The van der Waals surface area contributed by atoms with Crippen molar-refractivity contribution in [3.8, 4) is 5.75 Å². The van der Waals surface area contributed by atoms with E-state index in [0.29, 0.717) is 0 Å². The van der Waals surface area contributed by atoms with Gasteiger partial charge in [0.15, 0.2) is 0 Å². The van der Waals surface area contributed by atoms with Crippen LogP contribution in [0.1, 0.15) is 11.1 Å². The highest BCUT2D eigenvalue weighted by Gasteiger charge is 2.03. The first kappa shape index (κ1) is 12.3. The summed E-state index contributed by atoms with van der Waals surface area (Å²) in [6.45, 7) is 4.05. The summed E-state index contributed by atoms with van der Waals surface area (Å²) >= 11 is 0. The standard InChI is InChI=1S/C15H18N2O/c1-10-8-15(11(2)7-14(10)16)17-12-5-4-6-13(9-12)18-3/h4-9,17H,16H2,1-3H3. The van der Waals surface area contributed by atoms with Crippen molar-refractivity contribution in [3.05, 3.63) is 47.5 Å². The number of nitrogens with two attached hydrogens (primary N) is 1. The number of aryl methyl sites for hydroxylation is 2. The summed E-state index contributed by atoms with van der Waals surface area (Å²) in [4.78, 5) is 0. The Morgan fingerprint density at radius 1 is 1.06 bits per heavy atom. The van der Waals surface area contributed by atoms with Crippen molar-refractivity contribution in [2.24, 2.45) is 0 Å². The van der Waals surface area contributed by atoms with Crippen LogP contribution in [0, 0.1) is 13.8 Å². The van der Waals surface area contributed by atoms with Crippen molar-refractivity contribution in [1.29, 1.82) is 0 Å². The van der Waals surface area contributed by atoms with Gasteiger partial charge in [-0.25, -0.2) is 0 Å². The highest BCUT2D eigenvalue weighted by Crippen LogP contribution is 2.26. The van der Waals surface area contributed by atoms with Crippen LogP contribution in [0.15, 0.2) is 36.4 Å². The fourth-order valence-electron chi connectivity index (χ4n) is 1.83. The van der Waals surface area contributed by atoms with Gasteiger partial charge >= 0.3 is 0 Å². The molecule has 0 radical (unpaired) electrons. The van der Waals surface area contributed by atoms with Crippen LogP contribution in [-0.4, -0.2) is 7.11 Å². The van der Waals surface area contributed by atoms with E-state index < -0.39 is 0 Å². The van der Waals surface area contributed by atoms with E-state index in [2.05, 4.69) is 11.4 Å². The van der Waals surface area contributed by atoms with Gasteiger partial charge in [0.1, 0.15) is 5.75 Å². The van der Waals surface area contributed by atoms with Gasteiger partial charge in [0.2, 0.25) is 0 Å². The van der Waals surface area contributed by atoms with Gasteiger partial charge in [0.05, 0.1) is 7.11 Å². The Labute approximate surface area is 108 Å². The molecule has 0 aromatic heterocycles. The molecule has 0 unspecified atom stereocenters. The molecule has 3 heteroatoms. The van der Waals surface area contributed by atoms with E-state index in [0.717, 1.165) is 33.9 Å². The molecule has 0 bridgehead atoms. The van der Waals surface area contributed by atoms with Gasteiger partial charge in [-0.3, -0.25) is 0 Å². The Balaban J connectivity index is 2.30. The van der Waals surface area contributed by atoms with Crippen LogP contribution in [0.25, 0.3) is 0 Å². The largest absolute Gasteiger partial charge is 0.497 e. The molecule has 2 aromatic carbocycles. The van der Waals surface area contributed by atoms with Crippen molar-refractivity contribution in [1.82, 2.24) is 0 Å². The minimum Gasteiger partial charge on any atom is -0.497 e. The summed E-state index contributed by atoms with van der Waals surface area (Å²) in [5, 5.41) is 3.38. The van der Waals surface area contributed by atoms with Gasteiger partial charge < -0.3 is 15.8 Å². The summed E-state index contributed by atoms with van der Waals surface area (Å²) in [5.74, 6) is 0.838. The third-order valence-electron chi connectivity index (χ3n) is 2.96. The summed E-state index contributed by atoms with van der Waals surface area (Å²) in [7, 11) is 1.66. The monoisotopic (exact) mass is 242 g/mol. The van der Waals surface area contributed by atoms with Crippen molar-refractivity contribution < 1.29 is 4.74 Å². The number of ether oxygens (including phenoxy) is 1. The quantitative estimate of drug-likeness (QED) is 0.808. The van der Waals surface area contributed by atoms with Crippen LogP contribution in [0.4, 0.5) is 17.1 Å². The molecule has 3 nitrogen and oxygen atoms in total. The third-order valence-corrected chi connectivity index (χ3v) is 2.96. The number of hydrogen-bond donors (Lipinski definition) is 2.